The highest BCUT2D eigenvalue weighted by atomic mass is 32.1. The Hall–Kier alpha value is -1.67. The average Bonchev–Trinajstić information content (AvgIpc) is 3.12. The number of nitrogens with zero attached hydrogens (tertiary/aromatic N) is 2. The molecule has 0 atom stereocenters. The first kappa shape index (κ1) is 17.2. The van der Waals surface area contributed by atoms with Crippen LogP contribution < -0.4 is 10.6 Å². The van der Waals surface area contributed by atoms with Gasteiger partial charge in [0, 0.05) is 22.8 Å². The fourth-order valence-electron chi connectivity index (χ4n) is 3.13. The molecule has 130 valence electrons. The van der Waals surface area contributed by atoms with Crippen molar-refractivity contribution in [1.82, 2.24) is 15.3 Å². The van der Waals surface area contributed by atoms with Gasteiger partial charge in [-0.3, -0.25) is 0 Å². The van der Waals surface area contributed by atoms with E-state index in [-0.39, 0.29) is 0 Å². The molecule has 1 amide bonds. The van der Waals surface area contributed by atoms with Gasteiger partial charge in [-0.25, -0.2) is 14.8 Å². The second-order valence-electron chi connectivity index (χ2n) is 6.22. The zero-order valence-corrected chi connectivity index (χ0v) is 15.5. The Morgan fingerprint density at radius 3 is 2.67 bits per heavy atom. The first-order valence-corrected chi connectivity index (χ1v) is 9.84. The molecule has 2 aromatic heterocycles. The lowest BCUT2D eigenvalue weighted by Gasteiger charge is -2.28. The lowest BCUT2D eigenvalue weighted by atomic mass is 9.86. The maximum atomic E-state index is 10.6. The molecule has 6 nitrogen and oxygen atoms in total. The minimum atomic E-state index is -0.932. The van der Waals surface area contributed by atoms with Gasteiger partial charge in [0.1, 0.15) is 11.4 Å². The van der Waals surface area contributed by atoms with Crippen LogP contribution in [0.4, 0.5) is 9.93 Å². The van der Waals surface area contributed by atoms with Crippen molar-refractivity contribution in [3.8, 4) is 11.4 Å². The summed E-state index contributed by atoms with van der Waals surface area (Å²) in [6, 6.07) is 0.420. The van der Waals surface area contributed by atoms with E-state index in [0.717, 1.165) is 47.2 Å². The van der Waals surface area contributed by atoms with Crippen molar-refractivity contribution in [2.75, 3.05) is 11.9 Å². The molecular formula is C16H22N4O2S2. The van der Waals surface area contributed by atoms with Crippen LogP contribution in [0.3, 0.4) is 0 Å². The fourth-order valence-corrected chi connectivity index (χ4v) is 4.73. The summed E-state index contributed by atoms with van der Waals surface area (Å²) >= 11 is 3.32. The van der Waals surface area contributed by atoms with E-state index < -0.39 is 6.09 Å². The zero-order valence-electron chi connectivity index (χ0n) is 13.8. The maximum absolute atomic E-state index is 10.6. The first-order chi connectivity index (χ1) is 11.5. The Balaban J connectivity index is 1.53. The van der Waals surface area contributed by atoms with Gasteiger partial charge in [-0.2, -0.15) is 0 Å². The van der Waals surface area contributed by atoms with E-state index in [9.17, 15) is 4.79 Å². The molecule has 1 aliphatic rings. The number of carboxylic acid groups (broad SMARTS) is 1. The second kappa shape index (κ2) is 7.48. The molecule has 8 heteroatoms. The van der Waals surface area contributed by atoms with E-state index in [1.807, 2.05) is 6.92 Å². The highest BCUT2D eigenvalue weighted by molar-refractivity contribution is 7.14. The summed E-state index contributed by atoms with van der Waals surface area (Å²) in [4.78, 5) is 21.0. The number of amides is 1. The molecule has 0 aliphatic heterocycles. The van der Waals surface area contributed by atoms with Crippen molar-refractivity contribution in [2.24, 2.45) is 5.92 Å². The quantitative estimate of drug-likeness (QED) is 0.741. The molecule has 0 spiro atoms. The van der Waals surface area contributed by atoms with E-state index in [1.165, 1.54) is 4.88 Å². The predicted octanol–water partition coefficient (Wildman–Crippen LogP) is 4.12. The van der Waals surface area contributed by atoms with Crippen molar-refractivity contribution >= 4 is 33.9 Å². The largest absolute Gasteiger partial charge is 0.465 e. The van der Waals surface area contributed by atoms with Gasteiger partial charge in [0.25, 0.3) is 0 Å². The third-order valence-corrected chi connectivity index (χ3v) is 6.03. The van der Waals surface area contributed by atoms with Crippen molar-refractivity contribution in [3.05, 3.63) is 15.3 Å². The SMILES string of the molecule is Cc1nc(-c2csc(NC3CCC(CNC(=O)O)CC3)n2)c(C)s1. The van der Waals surface area contributed by atoms with Crippen LogP contribution in [0.1, 0.15) is 35.6 Å². The summed E-state index contributed by atoms with van der Waals surface area (Å²) in [5.74, 6) is 0.451. The Morgan fingerprint density at radius 1 is 1.29 bits per heavy atom. The first-order valence-electron chi connectivity index (χ1n) is 8.14. The molecule has 0 radical (unpaired) electrons. The fraction of sp³-hybridized carbons (Fsp3) is 0.562. The Bertz CT molecular complexity index is 705. The van der Waals surface area contributed by atoms with Crippen LogP contribution in [-0.4, -0.2) is 33.8 Å². The molecule has 24 heavy (non-hydrogen) atoms. The van der Waals surface area contributed by atoms with Crippen LogP contribution in [-0.2, 0) is 0 Å². The van der Waals surface area contributed by atoms with Gasteiger partial charge < -0.3 is 15.7 Å². The smallest absolute Gasteiger partial charge is 0.404 e. The van der Waals surface area contributed by atoms with Crippen LogP contribution in [0.5, 0.6) is 0 Å². The molecule has 1 fully saturated rings. The standard InChI is InChI=1S/C16H22N4O2S2/c1-9-14(18-10(2)24-9)13-8-23-15(20-13)19-12-5-3-11(4-6-12)7-17-16(21)22/h8,11-12,17H,3-7H2,1-2H3,(H,19,20)(H,21,22). The van der Waals surface area contributed by atoms with Gasteiger partial charge in [-0.1, -0.05) is 0 Å². The molecule has 2 aromatic rings. The van der Waals surface area contributed by atoms with Gasteiger partial charge in [-0.15, -0.1) is 22.7 Å². The number of aryl methyl sites for hydroxylation is 2. The molecule has 2 heterocycles. The van der Waals surface area contributed by atoms with E-state index in [4.69, 9.17) is 5.11 Å². The minimum absolute atomic E-state index is 0.420. The lowest BCUT2D eigenvalue weighted by Crippen LogP contribution is -2.33. The maximum Gasteiger partial charge on any atom is 0.404 e. The number of thiazole rings is 2. The van der Waals surface area contributed by atoms with Gasteiger partial charge in [0.05, 0.1) is 5.01 Å². The average molecular weight is 367 g/mol. The molecule has 0 bridgehead atoms. The number of hydrogen-bond donors (Lipinski definition) is 3. The van der Waals surface area contributed by atoms with Crippen LogP contribution in [0, 0.1) is 19.8 Å². The van der Waals surface area contributed by atoms with Crippen molar-refractivity contribution in [2.45, 2.75) is 45.6 Å². The second-order valence-corrected chi connectivity index (χ2v) is 8.49. The van der Waals surface area contributed by atoms with Gasteiger partial charge in [-0.05, 0) is 45.4 Å². The van der Waals surface area contributed by atoms with Crippen molar-refractivity contribution in [3.63, 3.8) is 0 Å². The summed E-state index contributed by atoms with van der Waals surface area (Å²) in [6.45, 7) is 4.66. The lowest BCUT2D eigenvalue weighted by molar-refractivity contribution is 0.190. The number of hydrogen-bond acceptors (Lipinski definition) is 6. The molecule has 1 aliphatic carbocycles. The molecular weight excluding hydrogens is 344 g/mol. The number of rotatable bonds is 5. The Kier molecular flexibility index (Phi) is 5.35. The van der Waals surface area contributed by atoms with Gasteiger partial charge in [0.2, 0.25) is 0 Å². The topological polar surface area (TPSA) is 87.1 Å². The van der Waals surface area contributed by atoms with Crippen LogP contribution in [0.2, 0.25) is 0 Å². The highest BCUT2D eigenvalue weighted by Gasteiger charge is 2.22. The summed E-state index contributed by atoms with van der Waals surface area (Å²) in [7, 11) is 0. The summed E-state index contributed by atoms with van der Waals surface area (Å²) < 4.78 is 0. The highest BCUT2D eigenvalue weighted by Crippen LogP contribution is 2.32. The Morgan fingerprint density at radius 2 is 2.04 bits per heavy atom. The van der Waals surface area contributed by atoms with E-state index in [0.29, 0.717) is 18.5 Å². The number of carbonyl (C=O) groups is 1. The molecule has 1 saturated carbocycles. The molecule has 0 unspecified atom stereocenters. The van der Waals surface area contributed by atoms with E-state index in [2.05, 4.69) is 32.9 Å². The third-order valence-electron chi connectivity index (χ3n) is 4.37. The zero-order chi connectivity index (χ0) is 17.1. The van der Waals surface area contributed by atoms with Crippen LogP contribution >= 0.6 is 22.7 Å². The van der Waals surface area contributed by atoms with E-state index in [1.54, 1.807) is 22.7 Å². The monoisotopic (exact) mass is 366 g/mol. The van der Waals surface area contributed by atoms with Crippen molar-refractivity contribution < 1.29 is 9.90 Å². The Labute approximate surface area is 149 Å². The molecule has 3 rings (SSSR count). The van der Waals surface area contributed by atoms with Gasteiger partial charge >= 0.3 is 6.09 Å². The van der Waals surface area contributed by atoms with Gasteiger partial charge in [0.15, 0.2) is 5.13 Å². The number of aromatic nitrogens is 2. The summed E-state index contributed by atoms with van der Waals surface area (Å²) in [6.07, 6.45) is 3.25. The predicted molar refractivity (Wildman–Crippen MR) is 98.1 cm³/mol. The molecule has 3 N–H and O–H groups in total. The molecule has 0 aromatic carbocycles. The van der Waals surface area contributed by atoms with E-state index >= 15 is 0 Å². The van der Waals surface area contributed by atoms with Crippen molar-refractivity contribution in [1.29, 1.82) is 0 Å². The third kappa shape index (κ3) is 4.24. The van der Waals surface area contributed by atoms with Crippen LogP contribution in [0.25, 0.3) is 11.4 Å². The summed E-state index contributed by atoms with van der Waals surface area (Å²) in [5, 5.41) is 18.8. The summed E-state index contributed by atoms with van der Waals surface area (Å²) in [5.41, 5.74) is 1.94. The number of nitrogens with one attached hydrogen (secondary N) is 2. The van der Waals surface area contributed by atoms with Crippen LogP contribution in [0.15, 0.2) is 5.38 Å². The number of anilines is 1. The normalized spacial score (nSPS) is 20.8. The minimum Gasteiger partial charge on any atom is -0.465 e. The molecule has 0 saturated heterocycles.